The van der Waals surface area contributed by atoms with Crippen LogP contribution >= 0.6 is 0 Å². The summed E-state index contributed by atoms with van der Waals surface area (Å²) in [5.41, 5.74) is 1.97. The molecular formula is C16H22N4O2. The van der Waals surface area contributed by atoms with Gasteiger partial charge in [-0.2, -0.15) is 0 Å². The third-order valence-electron chi connectivity index (χ3n) is 3.97. The number of nitrogens with one attached hydrogen (secondary N) is 3. The standard InChI is InChI=1S/C16H22N4O2/c1-11(14-7-4-10-22-14)18-16(21)17-9-8-15-19-12-5-2-3-6-13(12)20-15/h2-3,5-6,11,14H,4,7-10H2,1H3,(H,19,20)(H2,17,18,21)/t11-,14-/m0/s1. The Morgan fingerprint density at radius 3 is 3.14 bits per heavy atom. The fourth-order valence-electron chi connectivity index (χ4n) is 2.77. The molecule has 6 heteroatoms. The number of H-pyrrole nitrogens is 1. The molecule has 0 bridgehead atoms. The van der Waals surface area contributed by atoms with Crippen molar-refractivity contribution in [2.45, 2.75) is 38.3 Å². The van der Waals surface area contributed by atoms with Crippen molar-refractivity contribution in [1.29, 1.82) is 0 Å². The van der Waals surface area contributed by atoms with E-state index in [1.165, 1.54) is 0 Å². The van der Waals surface area contributed by atoms with E-state index in [1.807, 2.05) is 31.2 Å². The summed E-state index contributed by atoms with van der Waals surface area (Å²) in [5, 5.41) is 5.79. The van der Waals surface area contributed by atoms with Crippen LogP contribution < -0.4 is 10.6 Å². The number of carbonyl (C=O) groups excluding carboxylic acids is 1. The normalized spacial score (nSPS) is 19.2. The van der Waals surface area contributed by atoms with Crippen molar-refractivity contribution >= 4 is 17.1 Å². The van der Waals surface area contributed by atoms with Crippen molar-refractivity contribution < 1.29 is 9.53 Å². The molecule has 2 aromatic rings. The summed E-state index contributed by atoms with van der Waals surface area (Å²) in [5.74, 6) is 0.883. The summed E-state index contributed by atoms with van der Waals surface area (Å²) < 4.78 is 5.57. The Labute approximate surface area is 129 Å². The molecule has 1 aromatic heterocycles. The third kappa shape index (κ3) is 3.57. The van der Waals surface area contributed by atoms with E-state index >= 15 is 0 Å². The molecule has 1 aliphatic rings. The maximum absolute atomic E-state index is 11.9. The Kier molecular flexibility index (Phi) is 4.58. The predicted octanol–water partition coefficient (Wildman–Crippen LogP) is 1.97. The molecule has 6 nitrogen and oxygen atoms in total. The van der Waals surface area contributed by atoms with Crippen molar-refractivity contribution in [3.05, 3.63) is 30.1 Å². The highest BCUT2D eigenvalue weighted by atomic mass is 16.5. The van der Waals surface area contributed by atoms with Crippen molar-refractivity contribution in [3.63, 3.8) is 0 Å². The first-order valence-corrected chi connectivity index (χ1v) is 7.82. The summed E-state index contributed by atoms with van der Waals surface area (Å²) in [6.45, 7) is 3.32. The number of benzene rings is 1. The van der Waals surface area contributed by atoms with Gasteiger partial charge in [-0.25, -0.2) is 9.78 Å². The molecular weight excluding hydrogens is 280 g/mol. The van der Waals surface area contributed by atoms with E-state index in [9.17, 15) is 4.79 Å². The molecule has 2 amide bonds. The van der Waals surface area contributed by atoms with Gasteiger partial charge in [0.2, 0.25) is 0 Å². The topological polar surface area (TPSA) is 79.0 Å². The Morgan fingerprint density at radius 1 is 1.50 bits per heavy atom. The smallest absolute Gasteiger partial charge is 0.315 e. The zero-order chi connectivity index (χ0) is 15.4. The molecule has 1 aliphatic heterocycles. The fraction of sp³-hybridized carbons (Fsp3) is 0.500. The van der Waals surface area contributed by atoms with E-state index in [0.717, 1.165) is 36.3 Å². The number of rotatable bonds is 5. The van der Waals surface area contributed by atoms with Crippen molar-refractivity contribution in [1.82, 2.24) is 20.6 Å². The van der Waals surface area contributed by atoms with E-state index < -0.39 is 0 Å². The van der Waals surface area contributed by atoms with Crippen LogP contribution in [0.2, 0.25) is 0 Å². The van der Waals surface area contributed by atoms with E-state index in [4.69, 9.17) is 4.74 Å². The average molecular weight is 302 g/mol. The second kappa shape index (κ2) is 6.79. The minimum absolute atomic E-state index is 0.0358. The second-order valence-electron chi connectivity index (χ2n) is 5.69. The van der Waals surface area contributed by atoms with Crippen LogP contribution in [-0.4, -0.2) is 41.3 Å². The molecule has 0 spiro atoms. The van der Waals surface area contributed by atoms with Gasteiger partial charge >= 0.3 is 6.03 Å². The number of aromatic amines is 1. The highest BCUT2D eigenvalue weighted by Crippen LogP contribution is 2.15. The SMILES string of the molecule is C[C@H](NC(=O)NCCc1nc2ccccc2[nH]1)[C@@H]1CCCO1. The van der Waals surface area contributed by atoms with Crippen LogP contribution in [0.4, 0.5) is 4.79 Å². The lowest BCUT2D eigenvalue weighted by Crippen LogP contribution is -2.46. The van der Waals surface area contributed by atoms with Gasteiger partial charge in [-0.05, 0) is 31.9 Å². The fourth-order valence-corrected chi connectivity index (χ4v) is 2.77. The van der Waals surface area contributed by atoms with E-state index in [-0.39, 0.29) is 18.2 Å². The van der Waals surface area contributed by atoms with Gasteiger partial charge in [0.05, 0.1) is 23.2 Å². The first-order chi connectivity index (χ1) is 10.7. The summed E-state index contributed by atoms with van der Waals surface area (Å²) in [6, 6.07) is 7.79. The molecule has 22 heavy (non-hydrogen) atoms. The zero-order valence-corrected chi connectivity index (χ0v) is 12.8. The number of hydrogen-bond acceptors (Lipinski definition) is 3. The Bertz CT molecular complexity index is 601. The highest BCUT2D eigenvalue weighted by molar-refractivity contribution is 5.75. The van der Waals surface area contributed by atoms with Gasteiger partial charge < -0.3 is 20.4 Å². The number of fused-ring (bicyclic) bond motifs is 1. The van der Waals surface area contributed by atoms with Crippen LogP contribution in [-0.2, 0) is 11.2 Å². The van der Waals surface area contributed by atoms with Gasteiger partial charge in [-0.15, -0.1) is 0 Å². The third-order valence-corrected chi connectivity index (χ3v) is 3.97. The number of ether oxygens (including phenoxy) is 1. The minimum atomic E-state index is -0.154. The summed E-state index contributed by atoms with van der Waals surface area (Å²) in [4.78, 5) is 19.6. The van der Waals surface area contributed by atoms with Crippen LogP contribution in [0.25, 0.3) is 11.0 Å². The maximum atomic E-state index is 11.9. The van der Waals surface area contributed by atoms with Crippen LogP contribution in [0.5, 0.6) is 0 Å². The van der Waals surface area contributed by atoms with Gasteiger partial charge in [-0.1, -0.05) is 12.1 Å². The van der Waals surface area contributed by atoms with Gasteiger partial charge in [0.25, 0.3) is 0 Å². The summed E-state index contributed by atoms with van der Waals surface area (Å²) in [6.07, 6.45) is 2.91. The molecule has 2 atom stereocenters. The highest BCUT2D eigenvalue weighted by Gasteiger charge is 2.23. The number of hydrogen-bond donors (Lipinski definition) is 3. The van der Waals surface area contributed by atoms with Gasteiger partial charge in [0.1, 0.15) is 5.82 Å². The van der Waals surface area contributed by atoms with Crippen molar-refractivity contribution in [2.75, 3.05) is 13.2 Å². The van der Waals surface area contributed by atoms with Crippen molar-refractivity contribution in [2.24, 2.45) is 0 Å². The van der Waals surface area contributed by atoms with E-state index in [0.29, 0.717) is 13.0 Å². The molecule has 1 aromatic carbocycles. The minimum Gasteiger partial charge on any atom is -0.376 e. The molecule has 3 rings (SSSR count). The number of amides is 2. The lowest BCUT2D eigenvalue weighted by atomic mass is 10.1. The maximum Gasteiger partial charge on any atom is 0.315 e. The molecule has 0 saturated carbocycles. The van der Waals surface area contributed by atoms with Gasteiger partial charge in [0, 0.05) is 19.6 Å². The van der Waals surface area contributed by atoms with E-state index in [2.05, 4.69) is 20.6 Å². The molecule has 3 N–H and O–H groups in total. The van der Waals surface area contributed by atoms with Crippen molar-refractivity contribution in [3.8, 4) is 0 Å². The number of urea groups is 1. The van der Waals surface area contributed by atoms with Crippen LogP contribution in [0.15, 0.2) is 24.3 Å². The lowest BCUT2D eigenvalue weighted by molar-refractivity contribution is 0.0860. The van der Waals surface area contributed by atoms with Crippen LogP contribution in [0.3, 0.4) is 0 Å². The Morgan fingerprint density at radius 2 is 2.36 bits per heavy atom. The molecule has 0 unspecified atom stereocenters. The monoisotopic (exact) mass is 302 g/mol. The predicted molar refractivity (Wildman–Crippen MR) is 84.8 cm³/mol. The molecule has 1 fully saturated rings. The molecule has 0 radical (unpaired) electrons. The van der Waals surface area contributed by atoms with Gasteiger partial charge in [0.15, 0.2) is 0 Å². The number of para-hydroxylation sites is 2. The largest absolute Gasteiger partial charge is 0.376 e. The second-order valence-corrected chi connectivity index (χ2v) is 5.69. The first kappa shape index (κ1) is 14.8. The van der Waals surface area contributed by atoms with Crippen LogP contribution in [0, 0.1) is 0 Å². The lowest BCUT2D eigenvalue weighted by Gasteiger charge is -2.20. The zero-order valence-electron chi connectivity index (χ0n) is 12.8. The summed E-state index contributed by atoms with van der Waals surface area (Å²) in [7, 11) is 0. The summed E-state index contributed by atoms with van der Waals surface area (Å²) >= 11 is 0. The molecule has 118 valence electrons. The number of nitrogens with zero attached hydrogens (tertiary/aromatic N) is 1. The molecule has 0 aliphatic carbocycles. The van der Waals surface area contributed by atoms with Crippen LogP contribution in [0.1, 0.15) is 25.6 Å². The molecule has 1 saturated heterocycles. The number of imidazole rings is 1. The average Bonchev–Trinajstić information content (AvgIpc) is 3.16. The number of carbonyl (C=O) groups is 1. The number of aromatic nitrogens is 2. The van der Waals surface area contributed by atoms with E-state index in [1.54, 1.807) is 0 Å². The Balaban J connectivity index is 1.43. The molecule has 2 heterocycles. The first-order valence-electron chi connectivity index (χ1n) is 7.82. The van der Waals surface area contributed by atoms with Gasteiger partial charge in [-0.3, -0.25) is 0 Å². The quantitative estimate of drug-likeness (QED) is 0.790. The Hall–Kier alpha value is -2.08.